The van der Waals surface area contributed by atoms with Crippen LogP contribution in [-0.4, -0.2) is 221 Å². The molecule has 11 bridgehead atoms. The summed E-state index contributed by atoms with van der Waals surface area (Å²) in [4.78, 5) is 121. The van der Waals surface area contributed by atoms with Gasteiger partial charge < -0.3 is 138 Å². The molecule has 0 spiro atoms. The van der Waals surface area contributed by atoms with E-state index in [4.69, 9.17) is 79.4 Å². The molecular weight excluding hydrogens is 1680 g/mol. The molecule has 38 heteroatoms. The van der Waals surface area contributed by atoms with E-state index < -0.39 is 250 Å². The molecule has 7 aromatic rings. The van der Waals surface area contributed by atoms with Gasteiger partial charge in [-0.05, 0) is 159 Å². The van der Waals surface area contributed by atoms with Crippen molar-refractivity contribution in [3.63, 3.8) is 0 Å². The Balaban J connectivity index is 1.01. The highest BCUT2D eigenvalue weighted by atomic mass is 35.5. The Morgan fingerprint density at radius 1 is 0.661 bits per heavy atom. The number of aliphatic carboxylic acids is 1. The van der Waals surface area contributed by atoms with E-state index in [1.165, 1.54) is 51.2 Å². The van der Waals surface area contributed by atoms with Crippen LogP contribution in [0.1, 0.15) is 124 Å². The van der Waals surface area contributed by atoms with Crippen LogP contribution in [0.3, 0.4) is 0 Å². The van der Waals surface area contributed by atoms with Gasteiger partial charge in [0.05, 0.1) is 65.7 Å². The van der Waals surface area contributed by atoms with Crippen LogP contribution >= 0.6 is 34.8 Å². The summed E-state index contributed by atoms with van der Waals surface area (Å²) in [6.45, 7) is 8.76. The quantitative estimate of drug-likeness (QED) is 0.0572. The number of likely N-dealkylation sites (N-methyl/N-ethyl adjacent to an activating group) is 1. The Labute approximate surface area is 725 Å². The average molecular weight is 1780 g/mol. The second-order valence-electron chi connectivity index (χ2n) is 32.7. The largest absolute Gasteiger partial charge is 0.508 e. The molecule has 3 fully saturated rings. The van der Waals surface area contributed by atoms with Crippen molar-refractivity contribution in [1.29, 1.82) is 0 Å². The number of amides is 7. The van der Waals surface area contributed by atoms with Crippen molar-refractivity contribution in [3.05, 3.63) is 176 Å². The fraction of sp³-hybridized carbons (Fsp3) is 0.419. The van der Waals surface area contributed by atoms with E-state index in [9.17, 15) is 65.4 Å². The molecule has 0 radical (unpaired) electrons. The summed E-state index contributed by atoms with van der Waals surface area (Å²) in [5, 5.41) is 140. The highest BCUT2D eigenvalue weighted by Gasteiger charge is 2.55. The predicted octanol–water partition coefficient (Wildman–Crippen LogP) is 4.22. The Kier molecular flexibility index (Phi) is 27.4. The predicted molar refractivity (Wildman–Crippen MR) is 444 cm³/mol. The maximum atomic E-state index is 16.5. The Morgan fingerprint density at radius 3 is 1.89 bits per heavy atom. The lowest BCUT2D eigenvalue weighted by Gasteiger charge is -2.50. The highest BCUT2D eigenvalue weighted by molar-refractivity contribution is 6.32. The smallest absolute Gasteiger partial charge is 0.330 e. The van der Waals surface area contributed by atoms with Gasteiger partial charge in [0.15, 0.2) is 17.5 Å². The number of carbonyl (C=O) groups is 8. The number of aliphatic hydroxyl groups excluding tert-OH is 6. The van der Waals surface area contributed by atoms with Crippen molar-refractivity contribution in [2.24, 2.45) is 17.4 Å². The van der Waals surface area contributed by atoms with E-state index in [0.29, 0.717) is 5.02 Å². The summed E-state index contributed by atoms with van der Waals surface area (Å²) in [6.07, 6.45) is -20.5. The van der Waals surface area contributed by atoms with Crippen LogP contribution in [0.5, 0.6) is 46.0 Å². The van der Waals surface area contributed by atoms with Gasteiger partial charge in [0.2, 0.25) is 53.4 Å². The summed E-state index contributed by atoms with van der Waals surface area (Å²) in [7, 11) is 1.48. The summed E-state index contributed by atoms with van der Waals surface area (Å²) in [5.41, 5.74) is 9.69. The number of aliphatic hydroxyl groups is 6. The van der Waals surface area contributed by atoms with E-state index in [-0.39, 0.29) is 70.1 Å². The zero-order valence-electron chi connectivity index (χ0n) is 67.9. The second-order valence-corrected chi connectivity index (χ2v) is 34.0. The van der Waals surface area contributed by atoms with E-state index >= 15 is 24.0 Å². The van der Waals surface area contributed by atoms with E-state index in [1.54, 1.807) is 26.0 Å². The van der Waals surface area contributed by atoms with Gasteiger partial charge in [0.1, 0.15) is 102 Å². The highest BCUT2D eigenvalue weighted by Crippen LogP contribution is 2.51. The maximum absolute atomic E-state index is 16.5. The fourth-order valence-corrected chi connectivity index (χ4v) is 17.2. The molecule has 7 aromatic carbocycles. The molecule has 3 saturated heterocycles. The first-order chi connectivity index (χ1) is 58.7. The number of nitrogens with two attached hydrogens (primary N) is 2. The molecule has 22 N–H and O–H groups in total. The van der Waals surface area contributed by atoms with Crippen LogP contribution in [-0.2, 0) is 63.8 Å². The number of benzene rings is 7. The first-order valence-electron chi connectivity index (χ1n) is 39.9. The number of primary amides is 1. The van der Waals surface area contributed by atoms with Gasteiger partial charge in [0, 0.05) is 45.8 Å². The van der Waals surface area contributed by atoms with Crippen LogP contribution in [0.2, 0.25) is 15.1 Å². The molecule has 8 aliphatic heterocycles. The molecule has 0 aromatic heterocycles. The minimum Gasteiger partial charge on any atom is -0.508 e. The van der Waals surface area contributed by atoms with E-state index in [1.807, 2.05) is 50.2 Å². The minimum atomic E-state index is -2.38. The maximum Gasteiger partial charge on any atom is 0.330 e. The number of hydrogen-bond donors (Lipinski definition) is 20. The lowest BCUT2D eigenvalue weighted by Crippen LogP contribution is -2.70. The molecule has 124 heavy (non-hydrogen) atoms. The van der Waals surface area contributed by atoms with Gasteiger partial charge in [0.25, 0.3) is 0 Å². The van der Waals surface area contributed by atoms with Gasteiger partial charge in [-0.15, -0.1) is 0 Å². The lowest BCUT2D eigenvalue weighted by atomic mass is 9.75. The topological polar surface area (TPSA) is 552 Å². The minimum absolute atomic E-state index is 0.0108. The third kappa shape index (κ3) is 19.2. The van der Waals surface area contributed by atoms with Crippen LogP contribution in [0.4, 0.5) is 0 Å². The van der Waals surface area contributed by atoms with Gasteiger partial charge in [-0.2, -0.15) is 0 Å². The molecule has 1 unspecified atom stereocenters. The molecule has 662 valence electrons. The fourth-order valence-electron chi connectivity index (χ4n) is 16.6. The number of fused-ring (bicyclic) bond motifs is 15. The Hall–Kier alpha value is -10.6. The number of nitrogens with one attached hydrogen (secondary N) is 8. The third-order valence-corrected chi connectivity index (χ3v) is 24.2. The van der Waals surface area contributed by atoms with Gasteiger partial charge in [-0.25, -0.2) is 4.79 Å². The first kappa shape index (κ1) is 91.2. The molecule has 0 aliphatic carbocycles. The number of ether oxygens (including phenoxy) is 7. The Bertz CT molecular complexity index is 5230. The number of carbonyl (C=O) groups excluding carboxylic acids is 7. The Morgan fingerprint density at radius 2 is 1.27 bits per heavy atom. The summed E-state index contributed by atoms with van der Waals surface area (Å²) in [6, 6.07) is 15.0. The second kappa shape index (κ2) is 37.3. The van der Waals surface area contributed by atoms with Crippen LogP contribution in [0.25, 0.3) is 22.3 Å². The number of carboxylic acid groups (broad SMARTS) is 1. The molecule has 0 saturated carbocycles. The van der Waals surface area contributed by atoms with Crippen molar-refractivity contribution in [1.82, 2.24) is 42.5 Å². The number of phenols is 3. The number of rotatable bonds is 18. The van der Waals surface area contributed by atoms with Gasteiger partial charge >= 0.3 is 5.97 Å². The molecule has 35 nitrogen and oxygen atoms in total. The normalized spacial score (nSPS) is 29.9. The molecule has 8 heterocycles. The zero-order valence-corrected chi connectivity index (χ0v) is 70.1. The van der Waals surface area contributed by atoms with Gasteiger partial charge in [-0.3, -0.25) is 33.6 Å². The van der Waals surface area contributed by atoms with E-state index in [2.05, 4.69) is 42.5 Å². The summed E-state index contributed by atoms with van der Waals surface area (Å²) in [5.74, 6) is -17.5. The standard InChI is InChI=1S/C86H97Cl3N10O25/c1-35(2)22-51(92-7)77(110)99-69-70(105)43-16-21-56(50(89)25-43)121-58-27-44-26-57(73(58)124-84-72(107)74(71(106)60(33-100)122-84)123-61-34-118-36(3)76(109)86(61,6)93-32-38-8-10-39(11-9-38)40-12-17-45(87)18-13-40)120-55-20-15-41(24-49(55)88)63(59-31-85(5,91)75(108)37(4)119-59)68-81(114)97-67(83(116)117)48-28-46(101)29-54(103)64(48)47-23-42(14-19-53(47)102)65(79(112)98-68)96-80(113)66(44)95-78(111)52(30-62(90)104)94-82(69)115/h8-21,23-29,35-37,51-52,59-61,63,65-72,74-76,84,92-93,100-103,105-109H,22,30-34,91H2,1-7H3,(H2,90,104)(H,94,115)(H,95,111)(H,96,113)(H,97,114)(H,98,112)(H,99,110)(H,116,117)/t36-,37-,51+,52-,59+,60+,61?,63-,65+,66+,67-,68-,69+,70+,71+,72+,74-,75-,76-,84-,85-,86-/m0/s1. The summed E-state index contributed by atoms with van der Waals surface area (Å²) >= 11 is 20.9. The molecule has 7 amide bonds. The lowest BCUT2D eigenvalue weighted by molar-refractivity contribution is -0.306. The molecule has 8 aliphatic rings. The third-order valence-electron chi connectivity index (χ3n) is 23.4. The number of aromatic hydroxyl groups is 3. The van der Waals surface area contributed by atoms with Crippen molar-refractivity contribution >= 4 is 82.1 Å². The van der Waals surface area contributed by atoms with Gasteiger partial charge in [-0.1, -0.05) is 103 Å². The number of halogens is 3. The van der Waals surface area contributed by atoms with Crippen LogP contribution in [0.15, 0.2) is 127 Å². The van der Waals surface area contributed by atoms with E-state index in [0.717, 1.165) is 65.2 Å². The van der Waals surface area contributed by atoms with Crippen molar-refractivity contribution < 1.29 is 123 Å². The van der Waals surface area contributed by atoms with Crippen LogP contribution < -0.4 is 68.2 Å². The molecule has 15 rings (SSSR count). The van der Waals surface area contributed by atoms with Crippen molar-refractivity contribution in [2.75, 3.05) is 20.3 Å². The van der Waals surface area contributed by atoms with Crippen molar-refractivity contribution in [3.8, 4) is 68.2 Å². The zero-order chi connectivity index (χ0) is 89.6. The average Bonchev–Trinajstić information content (AvgIpc) is 0.762. The SMILES string of the molecule is CN[C@H](CC(C)C)C(=O)N[C@H]1C(=O)N[C@@H](CC(N)=O)C(=O)N[C@H]2C(=O)N[C@H]3C(=O)N[C@H](C(=O)N[C@H](C(=O)O)c4cc(O)cc(O)c4-c4cc3ccc4O)[C@H]([C@H]3C[C@](C)(N)[C@@H](O)[C@H](C)O3)c3ccc(c(Cl)c3)Oc3cc2cc(c3O[C@@H]2O[C@H](CO)[C@@H](O)[C@H](OC3CO[C@@H](C)[C@H](O)[C@@]3(C)NCc3ccc(-c4ccc(Cl)cc4)cc3)[C@H]2O)Oc2ccc(cc2Cl)[C@H]1O. The number of phenolic OH excluding ortho intramolecular Hbond substituents is 3. The molecule has 22 atom stereocenters. The molecular formula is C86H97Cl3N10O25. The number of hydrogen-bond acceptors (Lipinski definition) is 27. The van der Waals surface area contributed by atoms with Crippen LogP contribution in [0, 0.1) is 5.92 Å². The monoisotopic (exact) mass is 1770 g/mol. The van der Waals surface area contributed by atoms with Crippen molar-refractivity contribution in [2.45, 2.75) is 200 Å². The summed E-state index contributed by atoms with van der Waals surface area (Å²) < 4.78 is 46.1. The number of carboxylic acids is 1. The first-order valence-corrected chi connectivity index (χ1v) is 41.0.